The van der Waals surface area contributed by atoms with Crippen LogP contribution in [0.1, 0.15) is 41.8 Å². The molecule has 2 atom stereocenters. The van der Waals surface area contributed by atoms with E-state index in [1.165, 1.54) is 16.7 Å². The predicted octanol–water partition coefficient (Wildman–Crippen LogP) is 4.41. The molecule has 184 valence electrons. The Bertz CT molecular complexity index is 1230. The average molecular weight is 474 g/mol. The van der Waals surface area contributed by atoms with Gasteiger partial charge in [-0.25, -0.2) is 0 Å². The smallest absolute Gasteiger partial charge is 0.228 e. The van der Waals surface area contributed by atoms with Crippen molar-refractivity contribution in [3.8, 4) is 0 Å². The van der Waals surface area contributed by atoms with Crippen LogP contribution in [0.2, 0.25) is 0 Å². The van der Waals surface area contributed by atoms with E-state index in [0.717, 1.165) is 60.6 Å². The van der Waals surface area contributed by atoms with Gasteiger partial charge in [0.1, 0.15) is 0 Å². The maximum Gasteiger partial charge on any atom is 0.228 e. The zero-order valence-electron chi connectivity index (χ0n) is 21.2. The average Bonchev–Trinajstić information content (AvgIpc) is 3.42. The van der Waals surface area contributed by atoms with E-state index >= 15 is 0 Å². The maximum absolute atomic E-state index is 12.8. The zero-order valence-corrected chi connectivity index (χ0v) is 21.2. The van der Waals surface area contributed by atoms with E-state index in [9.17, 15) is 4.79 Å². The number of aryl methyl sites for hydroxylation is 2. The van der Waals surface area contributed by atoms with Crippen molar-refractivity contribution in [1.29, 1.82) is 0 Å². The Labute approximate surface area is 207 Å². The molecule has 0 radical (unpaired) electrons. The Balaban J connectivity index is 1.36. The van der Waals surface area contributed by atoms with Crippen LogP contribution >= 0.6 is 0 Å². The van der Waals surface area contributed by atoms with Crippen molar-refractivity contribution in [2.45, 2.75) is 40.2 Å². The molecule has 35 heavy (non-hydrogen) atoms. The number of ether oxygens (including phenoxy) is 1. The van der Waals surface area contributed by atoms with Crippen molar-refractivity contribution in [1.82, 2.24) is 15.1 Å². The molecule has 3 heterocycles. The summed E-state index contributed by atoms with van der Waals surface area (Å²) in [7, 11) is 0. The summed E-state index contributed by atoms with van der Waals surface area (Å²) >= 11 is 0. The number of benzene rings is 2. The Morgan fingerprint density at radius 3 is 2.60 bits per heavy atom. The fourth-order valence-corrected chi connectivity index (χ4v) is 5.28. The Hall–Kier alpha value is -3.19. The fourth-order valence-electron chi connectivity index (χ4n) is 5.28. The van der Waals surface area contributed by atoms with E-state index < -0.39 is 0 Å². The van der Waals surface area contributed by atoms with Gasteiger partial charge in [-0.2, -0.15) is 5.10 Å². The molecule has 1 amide bonds. The first-order valence-electron chi connectivity index (χ1n) is 12.6. The van der Waals surface area contributed by atoms with Gasteiger partial charge in [-0.05, 0) is 62.9 Å². The van der Waals surface area contributed by atoms with Crippen molar-refractivity contribution in [2.75, 3.05) is 49.6 Å². The number of anilines is 2. The normalized spacial score (nSPS) is 19.3. The third-order valence-electron chi connectivity index (χ3n) is 7.65. The molecular formula is C28H35N5O2. The van der Waals surface area contributed by atoms with Gasteiger partial charge < -0.3 is 19.9 Å². The number of rotatable bonds is 5. The number of aromatic nitrogens is 2. The number of nitrogens with zero attached hydrogens (tertiary/aromatic N) is 4. The lowest BCUT2D eigenvalue weighted by atomic mass is 9.98. The van der Waals surface area contributed by atoms with Crippen LogP contribution in [0.15, 0.2) is 36.4 Å². The van der Waals surface area contributed by atoms with Crippen LogP contribution in [0.5, 0.6) is 0 Å². The summed E-state index contributed by atoms with van der Waals surface area (Å²) in [6.07, 6.45) is 0.848. The van der Waals surface area contributed by atoms with E-state index in [1.807, 2.05) is 11.8 Å². The van der Waals surface area contributed by atoms with Gasteiger partial charge in [0.25, 0.3) is 0 Å². The number of amides is 1. The predicted molar refractivity (Wildman–Crippen MR) is 140 cm³/mol. The second-order valence-corrected chi connectivity index (χ2v) is 9.89. The number of nitrogens with one attached hydrogen (secondary N) is 1. The van der Waals surface area contributed by atoms with Crippen molar-refractivity contribution in [2.24, 2.45) is 5.92 Å². The summed E-state index contributed by atoms with van der Waals surface area (Å²) in [6.45, 7) is 12.9. The molecule has 7 heteroatoms. The van der Waals surface area contributed by atoms with Crippen molar-refractivity contribution in [3.05, 3.63) is 58.8 Å². The van der Waals surface area contributed by atoms with Crippen LogP contribution in [0.3, 0.4) is 0 Å². The summed E-state index contributed by atoms with van der Waals surface area (Å²) in [5.74, 6) is 1.09. The summed E-state index contributed by atoms with van der Waals surface area (Å²) in [5.41, 5.74) is 5.94. The quantitative estimate of drug-likeness (QED) is 0.592. The minimum Gasteiger partial charge on any atom is -0.381 e. The number of fused-ring (bicyclic) bond motifs is 1. The number of carbonyl (C=O) groups excluding carboxylic acids is 1. The van der Waals surface area contributed by atoms with Gasteiger partial charge in [0.15, 0.2) is 5.82 Å². The lowest BCUT2D eigenvalue weighted by Crippen LogP contribution is -2.50. The van der Waals surface area contributed by atoms with Gasteiger partial charge in [0.2, 0.25) is 5.91 Å². The van der Waals surface area contributed by atoms with Crippen LogP contribution in [0, 0.1) is 26.7 Å². The van der Waals surface area contributed by atoms with E-state index in [2.05, 4.69) is 77.6 Å². The molecule has 5 rings (SSSR count). The number of hydrogen-bond acceptors (Lipinski definition) is 6. The number of carbonyl (C=O) groups is 1. The fraction of sp³-hybridized carbons (Fsp3) is 0.464. The topological polar surface area (TPSA) is 70.6 Å². The minimum atomic E-state index is 0.0384. The molecule has 3 aromatic rings. The summed E-state index contributed by atoms with van der Waals surface area (Å²) < 4.78 is 5.41. The lowest BCUT2D eigenvalue weighted by Gasteiger charge is -2.37. The van der Waals surface area contributed by atoms with E-state index in [4.69, 9.17) is 4.74 Å². The summed E-state index contributed by atoms with van der Waals surface area (Å²) in [6, 6.07) is 13.1. The third-order valence-corrected chi connectivity index (χ3v) is 7.65. The molecule has 2 aliphatic rings. The second kappa shape index (κ2) is 9.82. The van der Waals surface area contributed by atoms with Crippen LogP contribution in [0.4, 0.5) is 11.5 Å². The zero-order chi connectivity index (χ0) is 24.5. The van der Waals surface area contributed by atoms with Crippen molar-refractivity contribution < 1.29 is 9.53 Å². The van der Waals surface area contributed by atoms with E-state index in [1.54, 1.807) is 0 Å². The largest absolute Gasteiger partial charge is 0.381 e. The Morgan fingerprint density at radius 2 is 1.86 bits per heavy atom. The molecule has 7 nitrogen and oxygen atoms in total. The summed E-state index contributed by atoms with van der Waals surface area (Å²) in [5, 5.41) is 14.8. The highest BCUT2D eigenvalue weighted by Gasteiger charge is 2.30. The number of hydrogen-bond donors (Lipinski definition) is 1. The Kier molecular flexibility index (Phi) is 6.60. The molecule has 1 aromatic heterocycles. The monoisotopic (exact) mass is 473 g/mol. The molecule has 0 spiro atoms. The molecule has 2 aromatic carbocycles. The molecule has 2 fully saturated rings. The number of piperazine rings is 1. The van der Waals surface area contributed by atoms with Crippen molar-refractivity contribution in [3.63, 3.8) is 0 Å². The SMILES string of the molecule is Cc1cccc([C@@H](C)Nc2nnc(C)c3ccc(N4CCN(C(=O)[C@H]5CCOC5)CC4)cc23)c1C. The summed E-state index contributed by atoms with van der Waals surface area (Å²) in [4.78, 5) is 17.1. The van der Waals surface area contributed by atoms with Crippen molar-refractivity contribution >= 4 is 28.2 Å². The Morgan fingerprint density at radius 1 is 1.06 bits per heavy atom. The molecule has 0 aliphatic carbocycles. The molecule has 0 bridgehead atoms. The van der Waals surface area contributed by atoms with Crippen LogP contribution in [0.25, 0.3) is 10.8 Å². The van der Waals surface area contributed by atoms with Gasteiger partial charge in [0, 0.05) is 49.2 Å². The molecule has 0 saturated carbocycles. The first-order valence-corrected chi connectivity index (χ1v) is 12.6. The standard InChI is InChI=1S/C28H35N5O2/c1-18-6-5-7-24(19(18)2)20(3)29-27-26-16-23(8-9-25(26)21(4)30-31-27)32-11-13-33(14-12-32)28(34)22-10-15-35-17-22/h5-9,16,20,22H,10-15,17H2,1-4H3,(H,29,31)/t20-,22+/m1/s1. The first-order chi connectivity index (χ1) is 16.9. The van der Waals surface area contributed by atoms with Gasteiger partial charge in [-0.1, -0.05) is 24.3 Å². The van der Waals surface area contributed by atoms with Gasteiger partial charge in [0.05, 0.1) is 24.3 Å². The van der Waals surface area contributed by atoms with E-state index in [-0.39, 0.29) is 17.9 Å². The van der Waals surface area contributed by atoms with Crippen LogP contribution < -0.4 is 10.2 Å². The highest BCUT2D eigenvalue weighted by Crippen LogP contribution is 2.31. The highest BCUT2D eigenvalue weighted by molar-refractivity contribution is 5.95. The van der Waals surface area contributed by atoms with Crippen LogP contribution in [-0.4, -0.2) is 60.4 Å². The van der Waals surface area contributed by atoms with Crippen LogP contribution in [-0.2, 0) is 9.53 Å². The minimum absolute atomic E-state index is 0.0384. The van der Waals surface area contributed by atoms with Gasteiger partial charge >= 0.3 is 0 Å². The molecule has 0 unspecified atom stereocenters. The van der Waals surface area contributed by atoms with Gasteiger partial charge in [-0.3, -0.25) is 4.79 Å². The highest BCUT2D eigenvalue weighted by atomic mass is 16.5. The molecule has 2 saturated heterocycles. The van der Waals surface area contributed by atoms with E-state index in [0.29, 0.717) is 13.2 Å². The molecule has 1 N–H and O–H groups in total. The van der Waals surface area contributed by atoms with Gasteiger partial charge in [-0.15, -0.1) is 5.10 Å². The maximum atomic E-state index is 12.8. The first kappa shape index (κ1) is 23.5. The second-order valence-electron chi connectivity index (χ2n) is 9.89. The molecule has 2 aliphatic heterocycles. The third kappa shape index (κ3) is 4.69. The molecular weight excluding hydrogens is 438 g/mol. The lowest BCUT2D eigenvalue weighted by molar-refractivity contribution is -0.135.